The summed E-state index contributed by atoms with van der Waals surface area (Å²) in [5.74, 6) is -0.119. The minimum Gasteiger partial charge on any atom is -0.495 e. The van der Waals surface area contributed by atoms with E-state index in [1.54, 1.807) is 23.8 Å². The van der Waals surface area contributed by atoms with Crippen molar-refractivity contribution in [2.24, 2.45) is 0 Å². The Kier molecular flexibility index (Phi) is 6.83. The molecule has 1 amide bonds. The number of nitrogens with one attached hydrogen (secondary N) is 1. The molecular formula is C19H17F3N4O3S. The molecule has 158 valence electrons. The lowest BCUT2D eigenvalue weighted by Crippen LogP contribution is -2.26. The Morgan fingerprint density at radius 2 is 1.83 bits per heavy atom. The zero-order valence-electron chi connectivity index (χ0n) is 15.7. The van der Waals surface area contributed by atoms with Crippen LogP contribution in [0, 0.1) is 0 Å². The Bertz CT molecular complexity index is 1010. The van der Waals surface area contributed by atoms with Crippen molar-refractivity contribution in [2.75, 3.05) is 12.9 Å². The van der Waals surface area contributed by atoms with E-state index in [1.807, 2.05) is 18.2 Å². The second-order valence-corrected chi connectivity index (χ2v) is 6.82. The van der Waals surface area contributed by atoms with Gasteiger partial charge in [0.25, 0.3) is 0 Å². The van der Waals surface area contributed by atoms with E-state index in [-0.39, 0.29) is 29.5 Å². The molecule has 0 bridgehead atoms. The molecule has 0 unspecified atom stereocenters. The SMILES string of the molecule is COc1ccccc1-n1cnnc1SCC(=O)NCc1ccccc1OC(F)(F)F. The molecule has 0 saturated carbocycles. The van der Waals surface area contributed by atoms with E-state index >= 15 is 0 Å². The van der Waals surface area contributed by atoms with E-state index in [4.69, 9.17) is 4.74 Å². The number of amides is 1. The highest BCUT2D eigenvalue weighted by Crippen LogP contribution is 2.27. The smallest absolute Gasteiger partial charge is 0.495 e. The zero-order valence-corrected chi connectivity index (χ0v) is 16.5. The average molecular weight is 438 g/mol. The number of hydrogen-bond acceptors (Lipinski definition) is 6. The van der Waals surface area contributed by atoms with Gasteiger partial charge in [-0.05, 0) is 18.2 Å². The van der Waals surface area contributed by atoms with Gasteiger partial charge in [0, 0.05) is 12.1 Å². The predicted molar refractivity (Wildman–Crippen MR) is 104 cm³/mol. The van der Waals surface area contributed by atoms with Gasteiger partial charge in [-0.1, -0.05) is 42.1 Å². The molecule has 0 saturated heterocycles. The van der Waals surface area contributed by atoms with Crippen LogP contribution in [0.25, 0.3) is 5.69 Å². The summed E-state index contributed by atoms with van der Waals surface area (Å²) in [7, 11) is 1.55. The number of halogens is 3. The fourth-order valence-electron chi connectivity index (χ4n) is 2.57. The Morgan fingerprint density at radius 1 is 1.13 bits per heavy atom. The summed E-state index contributed by atoms with van der Waals surface area (Å²) < 4.78 is 48.5. The fourth-order valence-corrected chi connectivity index (χ4v) is 3.32. The minimum absolute atomic E-state index is 0.00383. The van der Waals surface area contributed by atoms with Crippen LogP contribution in [-0.2, 0) is 11.3 Å². The summed E-state index contributed by atoms with van der Waals surface area (Å²) in [6.07, 6.45) is -3.30. The summed E-state index contributed by atoms with van der Waals surface area (Å²) in [5.41, 5.74) is 0.927. The maximum atomic E-state index is 12.5. The minimum atomic E-state index is -4.81. The van der Waals surface area contributed by atoms with Crippen molar-refractivity contribution in [3.63, 3.8) is 0 Å². The van der Waals surface area contributed by atoms with Gasteiger partial charge >= 0.3 is 6.36 Å². The third-order valence-electron chi connectivity index (χ3n) is 3.87. The first-order valence-electron chi connectivity index (χ1n) is 8.64. The molecule has 0 aliphatic rings. The highest BCUT2D eigenvalue weighted by Gasteiger charge is 2.32. The Hall–Kier alpha value is -3.21. The summed E-state index contributed by atoms with van der Waals surface area (Å²) in [4.78, 5) is 12.2. The van der Waals surface area contributed by atoms with Gasteiger partial charge in [-0.3, -0.25) is 9.36 Å². The topological polar surface area (TPSA) is 78.3 Å². The van der Waals surface area contributed by atoms with E-state index in [0.29, 0.717) is 16.6 Å². The average Bonchev–Trinajstić information content (AvgIpc) is 3.19. The molecule has 0 fully saturated rings. The number of carbonyl (C=O) groups is 1. The molecule has 0 aliphatic carbocycles. The van der Waals surface area contributed by atoms with Crippen molar-refractivity contribution in [1.29, 1.82) is 0 Å². The third-order valence-corrected chi connectivity index (χ3v) is 4.81. The van der Waals surface area contributed by atoms with Gasteiger partial charge in [0.1, 0.15) is 17.8 Å². The lowest BCUT2D eigenvalue weighted by molar-refractivity contribution is -0.274. The number of rotatable bonds is 8. The monoisotopic (exact) mass is 438 g/mol. The zero-order chi connectivity index (χ0) is 21.6. The molecule has 1 aromatic heterocycles. The Balaban J connectivity index is 1.60. The molecule has 1 N–H and O–H groups in total. The largest absolute Gasteiger partial charge is 0.573 e. The van der Waals surface area contributed by atoms with Crippen LogP contribution in [0.5, 0.6) is 11.5 Å². The first kappa shape index (κ1) is 21.5. The Labute approximate surface area is 174 Å². The van der Waals surface area contributed by atoms with E-state index in [0.717, 1.165) is 11.8 Å². The number of ether oxygens (including phenoxy) is 2. The number of benzene rings is 2. The second kappa shape index (κ2) is 9.53. The highest BCUT2D eigenvalue weighted by atomic mass is 32.2. The molecule has 11 heteroatoms. The van der Waals surface area contributed by atoms with Crippen molar-refractivity contribution >= 4 is 17.7 Å². The standard InChI is InChI=1S/C19H17F3N4O3S/c1-28-16-9-5-3-7-14(16)26-12-24-25-18(26)30-11-17(27)23-10-13-6-2-4-8-15(13)29-19(20,21)22/h2-9,12H,10-11H2,1H3,(H,23,27). The summed E-state index contributed by atoms with van der Waals surface area (Å²) in [6.45, 7) is -0.106. The number of carbonyl (C=O) groups excluding carboxylic acids is 1. The van der Waals surface area contributed by atoms with Crippen LogP contribution in [-0.4, -0.2) is 39.9 Å². The van der Waals surface area contributed by atoms with Crippen LogP contribution in [0.3, 0.4) is 0 Å². The molecule has 0 aliphatic heterocycles. The van der Waals surface area contributed by atoms with Crippen molar-refractivity contribution in [3.8, 4) is 17.2 Å². The molecule has 0 spiro atoms. The van der Waals surface area contributed by atoms with Gasteiger partial charge in [-0.15, -0.1) is 23.4 Å². The first-order chi connectivity index (χ1) is 14.4. The molecule has 0 atom stereocenters. The molecule has 1 heterocycles. The van der Waals surface area contributed by atoms with Crippen molar-refractivity contribution < 1.29 is 27.4 Å². The number of aromatic nitrogens is 3. The first-order valence-corrected chi connectivity index (χ1v) is 9.62. The number of hydrogen-bond donors (Lipinski definition) is 1. The quantitative estimate of drug-likeness (QED) is 0.542. The number of nitrogens with zero attached hydrogens (tertiary/aromatic N) is 3. The van der Waals surface area contributed by atoms with Crippen molar-refractivity contribution in [2.45, 2.75) is 18.1 Å². The van der Waals surface area contributed by atoms with E-state index in [9.17, 15) is 18.0 Å². The maximum absolute atomic E-state index is 12.5. The van der Waals surface area contributed by atoms with E-state index in [1.165, 1.54) is 24.5 Å². The van der Waals surface area contributed by atoms with Crippen molar-refractivity contribution in [3.05, 3.63) is 60.4 Å². The molecule has 2 aromatic carbocycles. The highest BCUT2D eigenvalue weighted by molar-refractivity contribution is 7.99. The van der Waals surface area contributed by atoms with Gasteiger partial charge in [0.2, 0.25) is 5.91 Å². The summed E-state index contributed by atoms with van der Waals surface area (Å²) in [6, 6.07) is 12.9. The third kappa shape index (κ3) is 5.66. The van der Waals surface area contributed by atoms with Gasteiger partial charge in [0.15, 0.2) is 5.16 Å². The number of thioether (sulfide) groups is 1. The molecule has 3 aromatic rings. The number of alkyl halides is 3. The summed E-state index contributed by atoms with van der Waals surface area (Å²) >= 11 is 1.14. The second-order valence-electron chi connectivity index (χ2n) is 5.88. The Morgan fingerprint density at radius 3 is 2.57 bits per heavy atom. The lowest BCUT2D eigenvalue weighted by atomic mass is 10.2. The normalized spacial score (nSPS) is 11.2. The van der Waals surface area contributed by atoms with Gasteiger partial charge in [0.05, 0.1) is 18.6 Å². The van der Waals surface area contributed by atoms with Gasteiger partial charge in [-0.25, -0.2) is 0 Å². The number of methoxy groups -OCH3 is 1. The van der Waals surface area contributed by atoms with Gasteiger partial charge in [-0.2, -0.15) is 0 Å². The molecular weight excluding hydrogens is 421 g/mol. The van der Waals surface area contributed by atoms with E-state index < -0.39 is 6.36 Å². The number of para-hydroxylation sites is 3. The van der Waals surface area contributed by atoms with Crippen LogP contribution >= 0.6 is 11.8 Å². The fraction of sp³-hybridized carbons (Fsp3) is 0.211. The summed E-state index contributed by atoms with van der Waals surface area (Å²) in [5, 5.41) is 10.9. The molecule has 30 heavy (non-hydrogen) atoms. The van der Waals surface area contributed by atoms with Crippen LogP contribution in [0.1, 0.15) is 5.56 Å². The molecule has 3 rings (SSSR count). The molecule has 7 nitrogen and oxygen atoms in total. The van der Waals surface area contributed by atoms with Crippen LogP contribution < -0.4 is 14.8 Å². The van der Waals surface area contributed by atoms with Crippen LogP contribution in [0.4, 0.5) is 13.2 Å². The van der Waals surface area contributed by atoms with Crippen molar-refractivity contribution in [1.82, 2.24) is 20.1 Å². The van der Waals surface area contributed by atoms with E-state index in [2.05, 4.69) is 20.3 Å². The predicted octanol–water partition coefficient (Wildman–Crippen LogP) is 3.58. The van der Waals surface area contributed by atoms with Gasteiger partial charge < -0.3 is 14.8 Å². The molecule has 0 radical (unpaired) electrons. The maximum Gasteiger partial charge on any atom is 0.573 e. The lowest BCUT2D eigenvalue weighted by Gasteiger charge is -2.13. The van der Waals surface area contributed by atoms with Crippen LogP contribution in [0.2, 0.25) is 0 Å². The van der Waals surface area contributed by atoms with Crippen LogP contribution in [0.15, 0.2) is 60.0 Å².